The molecule has 0 aliphatic heterocycles. The normalized spacial score (nSPS) is 12.1. The number of rotatable bonds is 6. The molecular weight excluding hydrogens is 380 g/mol. The van der Waals surface area contributed by atoms with Crippen LogP contribution in [0, 0.1) is 20.8 Å². The molecule has 7 heteroatoms. The van der Waals surface area contributed by atoms with Crippen LogP contribution in [0.1, 0.15) is 33.3 Å². The summed E-state index contributed by atoms with van der Waals surface area (Å²) in [6.07, 6.45) is 0.686. The first-order valence-electron chi connectivity index (χ1n) is 8.50. The summed E-state index contributed by atoms with van der Waals surface area (Å²) in [6.45, 7) is 7.63. The minimum atomic E-state index is -0.823. The summed E-state index contributed by atoms with van der Waals surface area (Å²) in [4.78, 5) is 35.3. The van der Waals surface area contributed by atoms with Crippen molar-refractivity contribution >= 4 is 45.1 Å². The molecule has 0 aliphatic carbocycles. The lowest BCUT2D eigenvalue weighted by atomic mass is 10.1. The summed E-state index contributed by atoms with van der Waals surface area (Å²) >= 11 is 2.92. The first-order chi connectivity index (χ1) is 12.9. The van der Waals surface area contributed by atoms with Crippen LogP contribution in [-0.4, -0.2) is 33.6 Å². The number of esters is 1. The minimum Gasteiger partial charge on any atom is -0.454 e. The number of fused-ring (bicyclic) bond motifs is 1. The van der Waals surface area contributed by atoms with Crippen molar-refractivity contribution in [2.24, 2.45) is 0 Å². The molecule has 0 unspecified atom stereocenters. The maximum Gasteiger partial charge on any atom is 0.317 e. The number of aromatic nitrogens is 2. The van der Waals surface area contributed by atoms with Crippen molar-refractivity contribution in [3.63, 3.8) is 0 Å². The highest BCUT2D eigenvalue weighted by molar-refractivity contribution is 8.00. The summed E-state index contributed by atoms with van der Waals surface area (Å²) in [5, 5.41) is 1.75. The molecule has 3 rings (SSSR count). The molecule has 0 bridgehead atoms. The first kappa shape index (κ1) is 19.5. The maximum absolute atomic E-state index is 12.4. The number of aryl methyl sites for hydroxylation is 3. The van der Waals surface area contributed by atoms with E-state index in [2.05, 4.69) is 9.97 Å². The highest BCUT2D eigenvalue weighted by Gasteiger charge is 2.20. The van der Waals surface area contributed by atoms with Gasteiger partial charge in [0.25, 0.3) is 0 Å². The van der Waals surface area contributed by atoms with Crippen molar-refractivity contribution in [2.45, 2.75) is 38.8 Å². The predicted molar refractivity (Wildman–Crippen MR) is 109 cm³/mol. The van der Waals surface area contributed by atoms with Crippen LogP contribution in [0.25, 0.3) is 10.2 Å². The molecule has 0 fully saturated rings. The number of thioether (sulfide) groups is 1. The molecule has 1 atom stereocenters. The van der Waals surface area contributed by atoms with Crippen molar-refractivity contribution in [3.8, 4) is 0 Å². The quantitative estimate of drug-likeness (QED) is 0.262. The van der Waals surface area contributed by atoms with Gasteiger partial charge in [0, 0.05) is 15.8 Å². The lowest BCUT2D eigenvalue weighted by molar-refractivity contribution is -0.143. The van der Waals surface area contributed by atoms with Crippen molar-refractivity contribution in [1.82, 2.24) is 9.97 Å². The van der Waals surface area contributed by atoms with E-state index >= 15 is 0 Å². The molecule has 1 aromatic carbocycles. The highest BCUT2D eigenvalue weighted by atomic mass is 32.2. The van der Waals surface area contributed by atoms with Crippen molar-refractivity contribution in [2.75, 3.05) is 5.75 Å². The highest BCUT2D eigenvalue weighted by Crippen LogP contribution is 2.34. The fraction of sp³-hybridized carbons (Fsp3) is 0.300. The summed E-state index contributed by atoms with van der Waals surface area (Å²) in [7, 11) is 0. The SMILES string of the molecule is Cc1ccc(C(=O)[C@@H](C)OC(=O)CSc2ncnc3sc(C)c(C)c23)cc1. The van der Waals surface area contributed by atoms with Crippen molar-refractivity contribution in [3.05, 3.63) is 52.2 Å². The van der Waals surface area contributed by atoms with Gasteiger partial charge in [-0.05, 0) is 33.3 Å². The van der Waals surface area contributed by atoms with Gasteiger partial charge < -0.3 is 4.74 Å². The van der Waals surface area contributed by atoms with E-state index in [1.807, 2.05) is 32.9 Å². The molecule has 0 saturated heterocycles. The van der Waals surface area contributed by atoms with Crippen LogP contribution in [0.15, 0.2) is 35.6 Å². The van der Waals surface area contributed by atoms with E-state index in [1.54, 1.807) is 30.4 Å². The van der Waals surface area contributed by atoms with Gasteiger partial charge in [0.05, 0.1) is 5.75 Å². The zero-order chi connectivity index (χ0) is 19.6. The molecule has 5 nitrogen and oxygen atoms in total. The predicted octanol–water partition coefficient (Wildman–Crippen LogP) is 4.52. The van der Waals surface area contributed by atoms with Gasteiger partial charge in [0.15, 0.2) is 6.10 Å². The van der Waals surface area contributed by atoms with Gasteiger partial charge in [-0.2, -0.15) is 0 Å². The Kier molecular flexibility index (Phi) is 5.92. The van der Waals surface area contributed by atoms with Crippen LogP contribution in [0.3, 0.4) is 0 Å². The Balaban J connectivity index is 1.63. The second kappa shape index (κ2) is 8.19. The number of nitrogens with zero attached hydrogens (tertiary/aromatic N) is 2. The Hall–Kier alpha value is -2.25. The van der Waals surface area contributed by atoms with Crippen LogP contribution in [0.2, 0.25) is 0 Å². The van der Waals surface area contributed by atoms with Gasteiger partial charge in [-0.3, -0.25) is 9.59 Å². The average Bonchev–Trinajstić information content (AvgIpc) is 2.94. The van der Waals surface area contributed by atoms with Crippen LogP contribution < -0.4 is 0 Å². The number of ether oxygens (including phenoxy) is 1. The van der Waals surface area contributed by atoms with Gasteiger partial charge in [-0.15, -0.1) is 11.3 Å². The second-order valence-corrected chi connectivity index (χ2v) is 8.46. The Morgan fingerprint density at radius 2 is 1.85 bits per heavy atom. The monoisotopic (exact) mass is 400 g/mol. The molecular formula is C20H20N2O3S2. The molecule has 0 spiro atoms. The van der Waals surface area contributed by atoms with Gasteiger partial charge >= 0.3 is 5.97 Å². The Bertz CT molecular complexity index is 996. The molecule has 0 radical (unpaired) electrons. The second-order valence-electron chi connectivity index (χ2n) is 6.29. The van der Waals surface area contributed by atoms with E-state index in [9.17, 15) is 9.59 Å². The Morgan fingerprint density at radius 1 is 1.15 bits per heavy atom. The largest absolute Gasteiger partial charge is 0.454 e. The molecule has 2 heterocycles. The van der Waals surface area contributed by atoms with Crippen LogP contribution in [0.5, 0.6) is 0 Å². The topological polar surface area (TPSA) is 69.2 Å². The zero-order valence-corrected chi connectivity index (χ0v) is 17.2. The minimum absolute atomic E-state index is 0.0893. The Labute approximate surface area is 166 Å². The fourth-order valence-electron chi connectivity index (χ4n) is 2.62. The molecule has 0 N–H and O–H groups in total. The lowest BCUT2D eigenvalue weighted by Crippen LogP contribution is -2.25. The number of thiophene rings is 1. The molecule has 0 aliphatic rings. The average molecular weight is 401 g/mol. The summed E-state index contributed by atoms with van der Waals surface area (Å²) < 4.78 is 5.32. The Morgan fingerprint density at radius 3 is 2.56 bits per heavy atom. The third-order valence-corrected chi connectivity index (χ3v) is 6.35. The number of ketones is 1. The number of Topliss-reactive ketones (excluding diaryl/α,β-unsaturated/α-hetero) is 1. The van der Waals surface area contributed by atoms with Crippen molar-refractivity contribution in [1.29, 1.82) is 0 Å². The summed E-state index contributed by atoms with van der Waals surface area (Å²) in [6, 6.07) is 7.22. The van der Waals surface area contributed by atoms with Gasteiger partial charge in [0.2, 0.25) is 5.78 Å². The lowest BCUT2D eigenvalue weighted by Gasteiger charge is -2.12. The van der Waals surface area contributed by atoms with E-state index < -0.39 is 12.1 Å². The first-order valence-corrected chi connectivity index (χ1v) is 10.3. The summed E-state index contributed by atoms with van der Waals surface area (Å²) in [5.41, 5.74) is 2.74. The van der Waals surface area contributed by atoms with Crippen molar-refractivity contribution < 1.29 is 14.3 Å². The van der Waals surface area contributed by atoms with E-state index in [0.717, 1.165) is 26.4 Å². The van der Waals surface area contributed by atoms with Gasteiger partial charge in [-0.1, -0.05) is 41.6 Å². The third-order valence-electron chi connectivity index (χ3n) is 4.27. The van der Waals surface area contributed by atoms with Gasteiger partial charge in [0.1, 0.15) is 16.2 Å². The van der Waals surface area contributed by atoms with Gasteiger partial charge in [-0.25, -0.2) is 9.97 Å². The molecule has 3 aromatic rings. The van der Waals surface area contributed by atoms with Crippen LogP contribution in [0.4, 0.5) is 0 Å². The number of carbonyl (C=O) groups is 2. The maximum atomic E-state index is 12.4. The summed E-state index contributed by atoms with van der Waals surface area (Å²) in [5.74, 6) is -0.558. The van der Waals surface area contributed by atoms with E-state index in [0.29, 0.717) is 5.56 Å². The number of hydrogen-bond donors (Lipinski definition) is 0. The van der Waals surface area contributed by atoms with Crippen LogP contribution >= 0.6 is 23.1 Å². The number of hydrogen-bond acceptors (Lipinski definition) is 7. The van der Waals surface area contributed by atoms with Crippen LogP contribution in [-0.2, 0) is 9.53 Å². The molecule has 0 saturated carbocycles. The molecule has 140 valence electrons. The number of carbonyl (C=O) groups excluding carboxylic acids is 2. The third kappa shape index (κ3) is 4.36. The molecule has 2 aromatic heterocycles. The van der Waals surface area contributed by atoms with E-state index in [4.69, 9.17) is 4.74 Å². The van der Waals surface area contributed by atoms with E-state index in [1.165, 1.54) is 23.0 Å². The molecule has 27 heavy (non-hydrogen) atoms. The standard InChI is InChI=1S/C20H20N2O3S2/c1-11-5-7-15(8-6-11)18(24)13(3)25-16(23)9-26-19-17-12(2)14(4)27-20(17)22-10-21-19/h5-8,10,13H,9H2,1-4H3/t13-/m1/s1. The zero-order valence-electron chi connectivity index (χ0n) is 15.6. The molecule has 0 amide bonds. The smallest absolute Gasteiger partial charge is 0.317 e. The fourth-order valence-corrected chi connectivity index (χ4v) is 4.52. The number of benzene rings is 1. The van der Waals surface area contributed by atoms with E-state index in [-0.39, 0.29) is 11.5 Å².